The van der Waals surface area contributed by atoms with Crippen LogP contribution in [-0.2, 0) is 4.74 Å². The van der Waals surface area contributed by atoms with Crippen molar-refractivity contribution in [3.05, 3.63) is 28.0 Å². The van der Waals surface area contributed by atoms with Gasteiger partial charge in [0.15, 0.2) is 0 Å². The van der Waals surface area contributed by atoms with Gasteiger partial charge in [-0.2, -0.15) is 5.26 Å². The highest BCUT2D eigenvalue weighted by atomic mass is 79.9. The Balaban J connectivity index is 2.34. The summed E-state index contributed by atoms with van der Waals surface area (Å²) in [5.41, 5.74) is 1.77. The van der Waals surface area contributed by atoms with Crippen molar-refractivity contribution in [3.8, 4) is 6.07 Å². The smallest absolute Gasteiger partial charge is 0.124 e. The Morgan fingerprint density at radius 2 is 2.20 bits per heavy atom. The van der Waals surface area contributed by atoms with Crippen LogP contribution in [0.5, 0.6) is 0 Å². The molecule has 1 saturated heterocycles. The summed E-state index contributed by atoms with van der Waals surface area (Å²) in [6.07, 6.45) is 3.73. The Morgan fingerprint density at radius 3 is 2.87 bits per heavy atom. The zero-order chi connectivity index (χ0) is 10.7. The standard InChI is InChI=1S/C11H11BrN2O/c12-11-10(7-13)9(1-4-14-11)8-2-5-15-6-3-8/h1,4,8H,2-3,5-6H2. The molecule has 0 aliphatic carbocycles. The van der Waals surface area contributed by atoms with E-state index in [9.17, 15) is 0 Å². The van der Waals surface area contributed by atoms with Crippen molar-refractivity contribution >= 4 is 15.9 Å². The fraction of sp³-hybridized carbons (Fsp3) is 0.455. The van der Waals surface area contributed by atoms with E-state index in [2.05, 4.69) is 27.0 Å². The maximum absolute atomic E-state index is 9.08. The molecule has 2 rings (SSSR count). The molecule has 78 valence electrons. The van der Waals surface area contributed by atoms with E-state index in [0.29, 0.717) is 16.1 Å². The topological polar surface area (TPSA) is 45.9 Å². The van der Waals surface area contributed by atoms with E-state index in [1.165, 1.54) is 0 Å². The van der Waals surface area contributed by atoms with Gasteiger partial charge in [-0.3, -0.25) is 0 Å². The van der Waals surface area contributed by atoms with Gasteiger partial charge in [-0.05, 0) is 46.3 Å². The average molecular weight is 267 g/mol. The van der Waals surface area contributed by atoms with Gasteiger partial charge >= 0.3 is 0 Å². The molecule has 0 amide bonds. The molecule has 3 nitrogen and oxygen atoms in total. The van der Waals surface area contributed by atoms with Crippen LogP contribution in [0, 0.1) is 11.3 Å². The van der Waals surface area contributed by atoms with Crippen molar-refractivity contribution in [2.75, 3.05) is 13.2 Å². The van der Waals surface area contributed by atoms with Crippen LogP contribution in [0.3, 0.4) is 0 Å². The number of halogens is 1. The van der Waals surface area contributed by atoms with Gasteiger partial charge in [0.25, 0.3) is 0 Å². The van der Waals surface area contributed by atoms with Crippen LogP contribution in [0.25, 0.3) is 0 Å². The highest BCUT2D eigenvalue weighted by molar-refractivity contribution is 9.10. The first-order valence-corrected chi connectivity index (χ1v) is 5.74. The van der Waals surface area contributed by atoms with E-state index in [-0.39, 0.29) is 0 Å². The van der Waals surface area contributed by atoms with Crippen LogP contribution in [0.2, 0.25) is 0 Å². The number of aromatic nitrogens is 1. The lowest BCUT2D eigenvalue weighted by Crippen LogP contribution is -2.15. The molecule has 15 heavy (non-hydrogen) atoms. The van der Waals surface area contributed by atoms with Gasteiger partial charge < -0.3 is 4.74 Å². The molecule has 1 aromatic rings. The molecule has 4 heteroatoms. The zero-order valence-electron chi connectivity index (χ0n) is 8.24. The summed E-state index contributed by atoms with van der Waals surface area (Å²) in [6.45, 7) is 1.57. The summed E-state index contributed by atoms with van der Waals surface area (Å²) in [4.78, 5) is 4.07. The van der Waals surface area contributed by atoms with Gasteiger partial charge in [0.1, 0.15) is 10.7 Å². The third-order valence-electron chi connectivity index (χ3n) is 2.71. The first kappa shape index (κ1) is 10.6. The van der Waals surface area contributed by atoms with Gasteiger partial charge in [-0.15, -0.1) is 0 Å². The van der Waals surface area contributed by atoms with Gasteiger partial charge in [-0.25, -0.2) is 4.98 Å². The first-order valence-electron chi connectivity index (χ1n) is 4.95. The largest absolute Gasteiger partial charge is 0.381 e. The minimum Gasteiger partial charge on any atom is -0.381 e. The van der Waals surface area contributed by atoms with Crippen molar-refractivity contribution in [2.24, 2.45) is 0 Å². The molecule has 0 radical (unpaired) electrons. The third kappa shape index (κ3) is 2.19. The third-order valence-corrected chi connectivity index (χ3v) is 3.31. The lowest BCUT2D eigenvalue weighted by molar-refractivity contribution is 0.0852. The highest BCUT2D eigenvalue weighted by Crippen LogP contribution is 2.31. The molecule has 2 heterocycles. The van der Waals surface area contributed by atoms with Crippen molar-refractivity contribution in [3.63, 3.8) is 0 Å². The lowest BCUT2D eigenvalue weighted by Gasteiger charge is -2.23. The van der Waals surface area contributed by atoms with Gasteiger partial charge in [0.05, 0.1) is 5.56 Å². The second-order valence-corrected chi connectivity index (χ2v) is 4.32. The van der Waals surface area contributed by atoms with Crippen molar-refractivity contribution in [2.45, 2.75) is 18.8 Å². The summed E-state index contributed by atoms with van der Waals surface area (Å²) in [5, 5.41) is 9.08. The molecule has 0 saturated carbocycles. The van der Waals surface area contributed by atoms with Crippen LogP contribution in [0.15, 0.2) is 16.9 Å². The minimum atomic E-state index is 0.438. The molecule has 1 aliphatic rings. The second-order valence-electron chi connectivity index (χ2n) is 3.56. The predicted octanol–water partition coefficient (Wildman–Crippen LogP) is 2.61. The van der Waals surface area contributed by atoms with Gasteiger partial charge in [0, 0.05) is 19.4 Å². The van der Waals surface area contributed by atoms with Crippen LogP contribution in [-0.4, -0.2) is 18.2 Å². The van der Waals surface area contributed by atoms with Gasteiger partial charge in [0.2, 0.25) is 0 Å². The number of rotatable bonds is 1. The molecule has 1 aromatic heterocycles. The van der Waals surface area contributed by atoms with Crippen LogP contribution in [0.1, 0.15) is 29.9 Å². The minimum absolute atomic E-state index is 0.438. The molecule has 0 aromatic carbocycles. The number of hydrogen-bond acceptors (Lipinski definition) is 3. The monoisotopic (exact) mass is 266 g/mol. The Bertz CT molecular complexity index is 394. The Kier molecular flexibility index (Phi) is 3.34. The molecule has 0 atom stereocenters. The van der Waals surface area contributed by atoms with E-state index in [4.69, 9.17) is 10.00 Å². The number of nitrogens with zero attached hydrogens (tertiary/aromatic N) is 2. The van der Waals surface area contributed by atoms with E-state index in [1.54, 1.807) is 6.20 Å². The number of nitriles is 1. The van der Waals surface area contributed by atoms with Crippen LogP contribution in [0.4, 0.5) is 0 Å². The Labute approximate surface area is 97.2 Å². The number of pyridine rings is 1. The Morgan fingerprint density at radius 1 is 1.47 bits per heavy atom. The van der Waals surface area contributed by atoms with E-state index >= 15 is 0 Å². The molecule has 1 aliphatic heterocycles. The average Bonchev–Trinajstić information content (AvgIpc) is 2.30. The SMILES string of the molecule is N#Cc1c(C2CCOCC2)ccnc1Br. The molecule has 0 N–H and O–H groups in total. The first-order chi connectivity index (χ1) is 7.33. The van der Waals surface area contributed by atoms with Crippen LogP contribution < -0.4 is 0 Å². The van der Waals surface area contributed by atoms with Crippen molar-refractivity contribution in [1.29, 1.82) is 5.26 Å². The number of hydrogen-bond donors (Lipinski definition) is 0. The summed E-state index contributed by atoms with van der Waals surface area (Å²) in [5.74, 6) is 0.438. The molecule has 0 unspecified atom stereocenters. The van der Waals surface area contributed by atoms with E-state index < -0.39 is 0 Å². The molecule has 1 fully saturated rings. The fourth-order valence-corrected chi connectivity index (χ4v) is 2.35. The summed E-state index contributed by atoms with van der Waals surface area (Å²) >= 11 is 3.31. The van der Waals surface area contributed by atoms with Crippen LogP contribution >= 0.6 is 15.9 Å². The quantitative estimate of drug-likeness (QED) is 0.735. The summed E-state index contributed by atoms with van der Waals surface area (Å²) in [6, 6.07) is 4.15. The zero-order valence-corrected chi connectivity index (χ0v) is 9.83. The predicted molar refractivity (Wildman–Crippen MR) is 59.4 cm³/mol. The summed E-state index contributed by atoms with van der Waals surface area (Å²) < 4.78 is 5.96. The second kappa shape index (κ2) is 4.73. The molecule has 0 bridgehead atoms. The Hall–Kier alpha value is -0.920. The number of ether oxygens (including phenoxy) is 1. The summed E-state index contributed by atoms with van der Waals surface area (Å²) in [7, 11) is 0. The molecular weight excluding hydrogens is 256 g/mol. The normalized spacial score (nSPS) is 17.3. The molecular formula is C11H11BrN2O. The molecule has 0 spiro atoms. The highest BCUT2D eigenvalue weighted by Gasteiger charge is 2.20. The lowest BCUT2D eigenvalue weighted by atomic mass is 9.90. The van der Waals surface area contributed by atoms with Crippen molar-refractivity contribution in [1.82, 2.24) is 4.98 Å². The fourth-order valence-electron chi connectivity index (χ4n) is 1.91. The maximum atomic E-state index is 9.08. The van der Waals surface area contributed by atoms with Gasteiger partial charge in [-0.1, -0.05) is 0 Å². The van der Waals surface area contributed by atoms with Crippen molar-refractivity contribution < 1.29 is 4.74 Å². The maximum Gasteiger partial charge on any atom is 0.124 e. The van der Waals surface area contributed by atoms with E-state index in [0.717, 1.165) is 31.6 Å². The van der Waals surface area contributed by atoms with E-state index in [1.807, 2.05) is 6.07 Å².